The van der Waals surface area contributed by atoms with Crippen LogP contribution in [0.4, 0.5) is 0 Å². The Bertz CT molecular complexity index is 567. The van der Waals surface area contributed by atoms with Gasteiger partial charge in [-0.25, -0.2) is 13.1 Å². The zero-order chi connectivity index (χ0) is 13.8. The van der Waals surface area contributed by atoms with E-state index in [1.54, 1.807) is 6.92 Å². The molecular weight excluding hydrogens is 296 g/mol. The van der Waals surface area contributed by atoms with E-state index in [1.165, 1.54) is 6.07 Å². The summed E-state index contributed by atoms with van der Waals surface area (Å²) in [4.78, 5) is 11.2. The van der Waals surface area contributed by atoms with E-state index >= 15 is 0 Å². The number of aryl methyl sites for hydroxylation is 1. The molecule has 0 aromatic carbocycles. The number of terminal acetylenes is 1. The molecule has 0 saturated carbocycles. The van der Waals surface area contributed by atoms with Crippen LogP contribution >= 0.6 is 22.9 Å². The fourth-order valence-electron chi connectivity index (χ4n) is 1.01. The van der Waals surface area contributed by atoms with Crippen LogP contribution in [0.3, 0.4) is 0 Å². The fraction of sp³-hybridized carbons (Fsp3) is 0.300. The second-order valence-corrected chi connectivity index (χ2v) is 6.98. The van der Waals surface area contributed by atoms with Crippen molar-refractivity contribution in [3.8, 4) is 12.3 Å². The summed E-state index contributed by atoms with van der Waals surface area (Å²) >= 11 is 6.73. The quantitative estimate of drug-likeness (QED) is 0.788. The number of nitrogens with one attached hydrogen (secondary N) is 2. The first-order valence-corrected chi connectivity index (χ1v) is 7.50. The molecule has 2 N–H and O–H groups in total. The van der Waals surface area contributed by atoms with E-state index < -0.39 is 15.9 Å². The molecule has 0 radical (unpaired) electrons. The molecule has 1 heterocycles. The molecule has 0 bridgehead atoms. The molecule has 1 amide bonds. The molecule has 18 heavy (non-hydrogen) atoms. The zero-order valence-electron chi connectivity index (χ0n) is 9.49. The van der Waals surface area contributed by atoms with Gasteiger partial charge in [-0.15, -0.1) is 17.8 Å². The predicted octanol–water partition coefficient (Wildman–Crippen LogP) is 0.738. The van der Waals surface area contributed by atoms with Gasteiger partial charge in [-0.3, -0.25) is 4.79 Å². The highest BCUT2D eigenvalue weighted by Crippen LogP contribution is 2.29. The molecule has 0 aliphatic heterocycles. The van der Waals surface area contributed by atoms with E-state index in [0.29, 0.717) is 9.90 Å². The van der Waals surface area contributed by atoms with Gasteiger partial charge >= 0.3 is 0 Å². The van der Waals surface area contributed by atoms with Gasteiger partial charge in [0.05, 0.1) is 17.4 Å². The Kier molecular flexibility index (Phi) is 5.16. The summed E-state index contributed by atoms with van der Waals surface area (Å²) < 4.78 is 26.2. The molecule has 8 heteroatoms. The van der Waals surface area contributed by atoms with Gasteiger partial charge in [0.15, 0.2) is 0 Å². The standard InChI is InChI=1S/C10H11ClN2O3S2/c1-3-4-12-8(14)6-13-18(15,16)9-5-7(2)10(11)17-9/h1,5,13H,4,6H2,2H3,(H,12,14). The Morgan fingerprint density at radius 2 is 2.28 bits per heavy atom. The van der Waals surface area contributed by atoms with Crippen molar-refractivity contribution in [2.45, 2.75) is 11.1 Å². The van der Waals surface area contributed by atoms with Crippen LogP contribution in [-0.4, -0.2) is 27.4 Å². The zero-order valence-corrected chi connectivity index (χ0v) is 11.9. The number of carbonyl (C=O) groups is 1. The number of amides is 1. The molecule has 0 atom stereocenters. The van der Waals surface area contributed by atoms with Gasteiger partial charge in [0, 0.05) is 0 Å². The van der Waals surface area contributed by atoms with Crippen molar-refractivity contribution in [3.05, 3.63) is 16.0 Å². The maximum Gasteiger partial charge on any atom is 0.250 e. The second-order valence-electron chi connectivity index (χ2n) is 3.33. The number of halogens is 1. The van der Waals surface area contributed by atoms with E-state index in [2.05, 4.69) is 16.0 Å². The molecule has 0 spiro atoms. The first-order valence-electron chi connectivity index (χ1n) is 4.82. The van der Waals surface area contributed by atoms with Crippen molar-refractivity contribution >= 4 is 38.9 Å². The third-order valence-corrected chi connectivity index (χ3v) is 5.34. The van der Waals surface area contributed by atoms with Crippen LogP contribution in [0.1, 0.15) is 5.56 Å². The maximum absolute atomic E-state index is 11.8. The van der Waals surface area contributed by atoms with Gasteiger partial charge < -0.3 is 5.32 Å². The molecule has 1 aromatic heterocycles. The number of thiophene rings is 1. The first-order chi connectivity index (χ1) is 8.36. The van der Waals surface area contributed by atoms with Gasteiger partial charge in [0.2, 0.25) is 5.91 Å². The number of hydrogen-bond acceptors (Lipinski definition) is 4. The molecule has 5 nitrogen and oxygen atoms in total. The normalized spacial score (nSPS) is 10.9. The molecule has 0 unspecified atom stereocenters. The van der Waals surface area contributed by atoms with Crippen LogP contribution in [0.2, 0.25) is 4.34 Å². The topological polar surface area (TPSA) is 75.3 Å². The smallest absolute Gasteiger partial charge is 0.250 e. The lowest BCUT2D eigenvalue weighted by Gasteiger charge is -2.04. The lowest BCUT2D eigenvalue weighted by molar-refractivity contribution is -0.119. The summed E-state index contributed by atoms with van der Waals surface area (Å²) in [6.45, 7) is 1.40. The van der Waals surface area contributed by atoms with E-state index in [9.17, 15) is 13.2 Å². The van der Waals surface area contributed by atoms with Crippen LogP contribution in [0.5, 0.6) is 0 Å². The van der Waals surface area contributed by atoms with Crippen LogP contribution in [-0.2, 0) is 14.8 Å². The minimum absolute atomic E-state index is 0.0600. The summed E-state index contributed by atoms with van der Waals surface area (Å²) in [6.07, 6.45) is 4.95. The number of rotatable bonds is 5. The summed E-state index contributed by atoms with van der Waals surface area (Å²) in [5.74, 6) is 1.72. The number of hydrogen-bond donors (Lipinski definition) is 2. The lowest BCUT2D eigenvalue weighted by Crippen LogP contribution is -2.36. The highest BCUT2D eigenvalue weighted by Gasteiger charge is 2.19. The summed E-state index contributed by atoms with van der Waals surface area (Å²) in [5.41, 5.74) is 0.679. The van der Waals surface area contributed by atoms with Crippen molar-refractivity contribution in [3.63, 3.8) is 0 Å². The third-order valence-electron chi connectivity index (χ3n) is 1.91. The molecular formula is C10H11ClN2O3S2. The molecule has 1 rings (SSSR count). The van der Waals surface area contributed by atoms with Crippen LogP contribution in [0.15, 0.2) is 10.3 Å². The molecule has 98 valence electrons. The number of carbonyl (C=O) groups excluding carboxylic acids is 1. The summed E-state index contributed by atoms with van der Waals surface area (Å²) in [6, 6.07) is 1.45. The fourth-order valence-corrected chi connectivity index (χ4v) is 3.74. The highest BCUT2D eigenvalue weighted by atomic mass is 35.5. The second kappa shape index (κ2) is 6.20. The minimum atomic E-state index is -3.71. The van der Waals surface area contributed by atoms with E-state index in [1.807, 2.05) is 0 Å². The van der Waals surface area contributed by atoms with E-state index in [-0.39, 0.29) is 17.3 Å². The molecule has 0 fully saturated rings. The summed E-state index contributed by atoms with van der Waals surface area (Å²) in [7, 11) is -3.71. The van der Waals surface area contributed by atoms with Crippen LogP contribution < -0.4 is 10.0 Å². The Hall–Kier alpha value is -1.07. The Balaban J connectivity index is 2.66. The van der Waals surface area contributed by atoms with Crippen LogP contribution in [0.25, 0.3) is 0 Å². The van der Waals surface area contributed by atoms with Crippen molar-refractivity contribution in [1.29, 1.82) is 0 Å². The number of sulfonamides is 1. The monoisotopic (exact) mass is 306 g/mol. The molecule has 0 aliphatic rings. The Labute approximate surface area is 115 Å². The molecule has 1 aromatic rings. The average molecular weight is 307 g/mol. The predicted molar refractivity (Wildman–Crippen MR) is 71.1 cm³/mol. The van der Waals surface area contributed by atoms with Gasteiger partial charge in [0.1, 0.15) is 4.21 Å². The Morgan fingerprint density at radius 3 is 2.78 bits per heavy atom. The summed E-state index contributed by atoms with van der Waals surface area (Å²) in [5, 5.41) is 2.35. The molecule has 0 aliphatic carbocycles. The largest absolute Gasteiger partial charge is 0.344 e. The maximum atomic E-state index is 11.8. The first kappa shape index (κ1) is 15.0. The van der Waals surface area contributed by atoms with E-state index in [0.717, 1.165) is 11.3 Å². The average Bonchev–Trinajstić information content (AvgIpc) is 2.65. The van der Waals surface area contributed by atoms with Crippen molar-refractivity contribution in [1.82, 2.24) is 10.0 Å². The van der Waals surface area contributed by atoms with Gasteiger partial charge in [-0.2, -0.15) is 0 Å². The van der Waals surface area contributed by atoms with Crippen molar-refractivity contribution < 1.29 is 13.2 Å². The van der Waals surface area contributed by atoms with E-state index in [4.69, 9.17) is 18.0 Å². The van der Waals surface area contributed by atoms with Crippen molar-refractivity contribution in [2.24, 2.45) is 0 Å². The SMILES string of the molecule is C#CCNC(=O)CNS(=O)(=O)c1cc(C)c(Cl)s1. The third kappa shape index (κ3) is 3.99. The van der Waals surface area contributed by atoms with Gasteiger partial charge in [-0.05, 0) is 18.6 Å². The van der Waals surface area contributed by atoms with Gasteiger partial charge in [-0.1, -0.05) is 17.5 Å². The van der Waals surface area contributed by atoms with Gasteiger partial charge in [0.25, 0.3) is 10.0 Å². The minimum Gasteiger partial charge on any atom is -0.344 e. The van der Waals surface area contributed by atoms with Crippen LogP contribution in [0, 0.1) is 19.3 Å². The van der Waals surface area contributed by atoms with Crippen molar-refractivity contribution in [2.75, 3.05) is 13.1 Å². The lowest BCUT2D eigenvalue weighted by atomic mass is 10.4. The highest BCUT2D eigenvalue weighted by molar-refractivity contribution is 7.91. The Morgan fingerprint density at radius 1 is 1.61 bits per heavy atom. The molecule has 0 saturated heterocycles.